The second-order valence-electron chi connectivity index (χ2n) is 6.61. The fourth-order valence-electron chi connectivity index (χ4n) is 2.42. The fourth-order valence-corrected chi connectivity index (χ4v) is 2.42. The summed E-state index contributed by atoms with van der Waals surface area (Å²) < 4.78 is 32.3. The number of nitrogens with one attached hydrogen (secondary N) is 1. The molecule has 0 aromatic heterocycles. The monoisotopic (exact) mass is 278 g/mol. The van der Waals surface area contributed by atoms with Gasteiger partial charge in [-0.05, 0) is 26.7 Å². The van der Waals surface area contributed by atoms with E-state index >= 15 is 0 Å². The molecule has 0 heterocycles. The number of alkyl carbamates (subject to hydrolysis) is 1. The topological polar surface area (TPSA) is 64.3 Å². The first kappa shape index (κ1) is 16.1. The van der Waals surface area contributed by atoms with Crippen LogP contribution in [0.1, 0.15) is 41.0 Å². The van der Waals surface area contributed by atoms with Crippen molar-refractivity contribution in [2.75, 3.05) is 6.54 Å². The average Bonchev–Trinajstić information content (AvgIpc) is 2.75. The highest BCUT2D eigenvalue weighted by Gasteiger charge is 2.74. The van der Waals surface area contributed by atoms with Crippen LogP contribution in [0.25, 0.3) is 0 Å². The minimum atomic E-state index is -2.81. The second-order valence-corrected chi connectivity index (χ2v) is 6.61. The van der Waals surface area contributed by atoms with Gasteiger partial charge < -0.3 is 15.8 Å². The molecule has 1 aliphatic carbocycles. The van der Waals surface area contributed by atoms with Crippen molar-refractivity contribution < 1.29 is 18.3 Å². The molecule has 0 aliphatic heterocycles. The molecule has 2 unspecified atom stereocenters. The van der Waals surface area contributed by atoms with Gasteiger partial charge in [0.2, 0.25) is 0 Å². The molecule has 4 nitrogen and oxygen atoms in total. The second kappa shape index (κ2) is 4.89. The number of hydrogen-bond donors (Lipinski definition) is 2. The smallest absolute Gasteiger partial charge is 0.407 e. The molecule has 0 saturated heterocycles. The van der Waals surface area contributed by atoms with Gasteiger partial charge in [0.05, 0.1) is 5.41 Å². The van der Waals surface area contributed by atoms with Crippen LogP contribution in [0.3, 0.4) is 0 Å². The molecule has 0 bridgehead atoms. The van der Waals surface area contributed by atoms with Crippen LogP contribution in [0, 0.1) is 11.3 Å². The van der Waals surface area contributed by atoms with Gasteiger partial charge in [0.25, 0.3) is 5.92 Å². The van der Waals surface area contributed by atoms with Crippen molar-refractivity contribution in [1.82, 2.24) is 5.32 Å². The van der Waals surface area contributed by atoms with E-state index in [1.54, 1.807) is 34.6 Å². The zero-order chi connectivity index (χ0) is 15.1. The molecule has 112 valence electrons. The molecule has 0 aromatic rings. The number of halogens is 2. The number of carbonyl (C=O) groups excluding carboxylic acids is 1. The number of alkyl halides is 2. The van der Waals surface area contributed by atoms with E-state index in [0.29, 0.717) is 0 Å². The molecule has 1 amide bonds. The largest absolute Gasteiger partial charge is 0.444 e. The Labute approximate surface area is 113 Å². The lowest BCUT2D eigenvalue weighted by Crippen LogP contribution is -2.51. The molecule has 1 fully saturated rings. The van der Waals surface area contributed by atoms with Crippen LogP contribution in [-0.4, -0.2) is 30.2 Å². The van der Waals surface area contributed by atoms with Gasteiger partial charge in [-0.2, -0.15) is 0 Å². The van der Waals surface area contributed by atoms with E-state index in [0.717, 1.165) is 0 Å². The van der Waals surface area contributed by atoms with E-state index in [9.17, 15) is 13.6 Å². The predicted molar refractivity (Wildman–Crippen MR) is 69.0 cm³/mol. The first-order chi connectivity index (χ1) is 8.45. The maximum absolute atomic E-state index is 13.6. The maximum Gasteiger partial charge on any atom is 0.407 e. The Balaban J connectivity index is 2.79. The molecule has 1 aliphatic rings. The third-order valence-corrected chi connectivity index (χ3v) is 3.44. The zero-order valence-corrected chi connectivity index (χ0v) is 12.2. The van der Waals surface area contributed by atoms with Gasteiger partial charge in [-0.3, -0.25) is 0 Å². The average molecular weight is 278 g/mol. The van der Waals surface area contributed by atoms with Gasteiger partial charge in [0, 0.05) is 19.0 Å². The van der Waals surface area contributed by atoms with Crippen molar-refractivity contribution in [1.29, 1.82) is 0 Å². The fraction of sp³-hybridized carbons (Fsp3) is 0.923. The lowest BCUT2D eigenvalue weighted by molar-refractivity contribution is 0.0260. The molecule has 6 heteroatoms. The van der Waals surface area contributed by atoms with E-state index in [4.69, 9.17) is 10.5 Å². The first-order valence-electron chi connectivity index (χ1n) is 6.52. The number of carbonyl (C=O) groups is 1. The first-order valence-corrected chi connectivity index (χ1v) is 6.52. The summed E-state index contributed by atoms with van der Waals surface area (Å²) in [6, 6.07) is -0.692. The predicted octanol–water partition coefficient (Wildman–Crippen LogP) is 2.52. The van der Waals surface area contributed by atoms with Gasteiger partial charge in [0.15, 0.2) is 0 Å². The van der Waals surface area contributed by atoms with Crippen molar-refractivity contribution in [3.8, 4) is 0 Å². The third kappa shape index (κ3) is 3.35. The van der Waals surface area contributed by atoms with Crippen LogP contribution in [-0.2, 0) is 4.74 Å². The Hall–Kier alpha value is -0.910. The van der Waals surface area contributed by atoms with E-state index in [1.165, 1.54) is 0 Å². The Morgan fingerprint density at radius 1 is 1.42 bits per heavy atom. The van der Waals surface area contributed by atoms with Crippen molar-refractivity contribution in [2.24, 2.45) is 17.1 Å². The van der Waals surface area contributed by atoms with Crippen LogP contribution in [0.5, 0.6) is 0 Å². The summed E-state index contributed by atoms with van der Waals surface area (Å²) in [7, 11) is 0. The molecule has 0 aromatic carbocycles. The Bertz CT molecular complexity index is 353. The Kier molecular flexibility index (Phi) is 4.15. The summed E-state index contributed by atoms with van der Waals surface area (Å²) in [5.74, 6) is -2.96. The highest BCUT2D eigenvalue weighted by molar-refractivity contribution is 5.68. The highest BCUT2D eigenvalue weighted by Crippen LogP contribution is 2.63. The lowest BCUT2D eigenvalue weighted by atomic mass is 9.87. The number of rotatable bonds is 4. The van der Waals surface area contributed by atoms with Gasteiger partial charge in [-0.15, -0.1) is 0 Å². The third-order valence-electron chi connectivity index (χ3n) is 3.44. The minimum absolute atomic E-state index is 0.149. The van der Waals surface area contributed by atoms with Crippen LogP contribution >= 0.6 is 0 Å². The van der Waals surface area contributed by atoms with Crippen molar-refractivity contribution in [3.63, 3.8) is 0 Å². The van der Waals surface area contributed by atoms with E-state index in [-0.39, 0.29) is 18.9 Å². The molecule has 0 spiro atoms. The molecular weight excluding hydrogens is 254 g/mol. The molecule has 19 heavy (non-hydrogen) atoms. The van der Waals surface area contributed by atoms with Crippen molar-refractivity contribution in [3.05, 3.63) is 0 Å². The summed E-state index contributed by atoms with van der Waals surface area (Å²) in [6.45, 7) is 8.59. The summed E-state index contributed by atoms with van der Waals surface area (Å²) in [4.78, 5) is 11.8. The zero-order valence-electron chi connectivity index (χ0n) is 12.2. The van der Waals surface area contributed by atoms with Gasteiger partial charge in [0.1, 0.15) is 5.60 Å². The maximum atomic E-state index is 13.6. The van der Waals surface area contributed by atoms with Gasteiger partial charge >= 0.3 is 6.09 Å². The quantitative estimate of drug-likeness (QED) is 0.830. The summed E-state index contributed by atoms with van der Waals surface area (Å²) in [5, 5.41) is 2.56. The van der Waals surface area contributed by atoms with Crippen LogP contribution < -0.4 is 11.1 Å². The normalized spacial score (nSPS) is 27.0. The molecule has 2 atom stereocenters. The number of hydrogen-bond acceptors (Lipinski definition) is 3. The summed E-state index contributed by atoms with van der Waals surface area (Å²) >= 11 is 0. The van der Waals surface area contributed by atoms with Crippen LogP contribution in [0.2, 0.25) is 0 Å². The molecule has 1 rings (SSSR count). The van der Waals surface area contributed by atoms with Crippen molar-refractivity contribution >= 4 is 6.09 Å². The van der Waals surface area contributed by atoms with Crippen LogP contribution in [0.15, 0.2) is 0 Å². The van der Waals surface area contributed by atoms with Gasteiger partial charge in [-0.25, -0.2) is 13.6 Å². The Morgan fingerprint density at radius 2 is 1.89 bits per heavy atom. The van der Waals surface area contributed by atoms with Gasteiger partial charge in [-0.1, -0.05) is 13.8 Å². The highest BCUT2D eigenvalue weighted by atomic mass is 19.3. The SMILES string of the molecule is CC(C)C(NC(=O)OC(C)(C)C)C1(CN)CC1(F)F. The van der Waals surface area contributed by atoms with Crippen molar-refractivity contribution in [2.45, 2.75) is 58.6 Å². The van der Waals surface area contributed by atoms with E-state index in [1.807, 2.05) is 0 Å². The minimum Gasteiger partial charge on any atom is -0.444 e. The van der Waals surface area contributed by atoms with E-state index in [2.05, 4.69) is 5.32 Å². The molecule has 1 saturated carbocycles. The number of amides is 1. The Morgan fingerprint density at radius 3 is 2.16 bits per heavy atom. The molecule has 3 N–H and O–H groups in total. The number of ether oxygens (including phenoxy) is 1. The van der Waals surface area contributed by atoms with Crippen LogP contribution in [0.4, 0.5) is 13.6 Å². The van der Waals surface area contributed by atoms with E-state index < -0.39 is 29.1 Å². The lowest BCUT2D eigenvalue weighted by Gasteiger charge is -2.31. The molecular formula is C13H24F2N2O2. The standard InChI is InChI=1S/C13H24F2N2O2/c1-8(2)9(12(7-16)6-13(12,14)15)17-10(18)19-11(3,4)5/h8-9H,6-7,16H2,1-5H3,(H,17,18). The number of nitrogens with two attached hydrogens (primary N) is 1. The summed E-state index contributed by atoms with van der Waals surface area (Å²) in [5.41, 5.74) is 3.52. The molecule has 0 radical (unpaired) electrons. The summed E-state index contributed by atoms with van der Waals surface area (Å²) in [6.07, 6.45) is -0.962.